The van der Waals surface area contributed by atoms with Crippen LogP contribution in [0.5, 0.6) is 0 Å². The molecular formula is C28H21N3O5. The van der Waals surface area contributed by atoms with Gasteiger partial charge in [0.25, 0.3) is 0 Å². The molecule has 0 aliphatic carbocycles. The Morgan fingerprint density at radius 1 is 0.833 bits per heavy atom. The maximum absolute atomic E-state index is 14.0. The van der Waals surface area contributed by atoms with Crippen LogP contribution in [-0.4, -0.2) is 47.9 Å². The third kappa shape index (κ3) is 3.04. The van der Waals surface area contributed by atoms with E-state index in [0.29, 0.717) is 5.56 Å². The fraction of sp³-hybridized carbons (Fsp3) is 0.179. The van der Waals surface area contributed by atoms with Crippen LogP contribution in [-0.2, 0) is 14.3 Å². The van der Waals surface area contributed by atoms with Gasteiger partial charge in [0.1, 0.15) is 6.04 Å². The molecule has 3 aromatic rings. The molecule has 0 aromatic heterocycles. The van der Waals surface area contributed by atoms with Crippen LogP contribution in [0.1, 0.15) is 37.9 Å². The number of rotatable bonds is 4. The lowest BCUT2D eigenvalue weighted by Crippen LogP contribution is -2.45. The Labute approximate surface area is 206 Å². The van der Waals surface area contributed by atoms with Gasteiger partial charge in [-0.15, -0.1) is 0 Å². The van der Waals surface area contributed by atoms with Crippen LogP contribution in [0.15, 0.2) is 84.0 Å². The number of anilines is 1. The summed E-state index contributed by atoms with van der Waals surface area (Å²) in [6, 6.07) is 21.0. The number of fused-ring (bicyclic) bond motifs is 5. The summed E-state index contributed by atoms with van der Waals surface area (Å²) in [5, 5.41) is 6.18. The van der Waals surface area contributed by atoms with Crippen molar-refractivity contribution in [3.8, 4) is 0 Å². The molecule has 8 nitrogen and oxygen atoms in total. The highest BCUT2D eigenvalue weighted by atomic mass is 16.5. The minimum absolute atomic E-state index is 0.103. The first-order chi connectivity index (χ1) is 17.5. The van der Waals surface area contributed by atoms with Crippen molar-refractivity contribution in [2.75, 3.05) is 12.0 Å². The highest BCUT2D eigenvalue weighted by molar-refractivity contribution is 6.26. The maximum atomic E-state index is 14.0. The summed E-state index contributed by atoms with van der Waals surface area (Å²) in [6.07, 6.45) is 1.66. The fourth-order valence-electron chi connectivity index (χ4n) is 5.63. The molecule has 4 unspecified atom stereocenters. The van der Waals surface area contributed by atoms with Gasteiger partial charge in [0, 0.05) is 5.56 Å². The van der Waals surface area contributed by atoms with Crippen LogP contribution in [0.3, 0.4) is 0 Å². The standard InChI is InChI=1S/C28H21N3O5/c1-36-28(35)19-13-7-8-14-20(19)30-26(33)21-22(27(30)34)24(25(32)16-9-3-2-4-10-16)31-23(21)18-12-6-5-11-17(18)15-29-31/h2-15,21-24H,1H3. The Kier molecular flexibility index (Phi) is 5.03. The predicted octanol–water partition coefficient (Wildman–Crippen LogP) is 3.23. The molecule has 3 aliphatic rings. The van der Waals surface area contributed by atoms with Gasteiger partial charge in [-0.3, -0.25) is 19.4 Å². The van der Waals surface area contributed by atoms with Gasteiger partial charge in [-0.25, -0.2) is 9.69 Å². The van der Waals surface area contributed by atoms with Crippen LogP contribution in [0, 0.1) is 11.8 Å². The number of nitrogens with zero attached hydrogens (tertiary/aromatic N) is 3. The van der Waals surface area contributed by atoms with Crippen LogP contribution in [0.2, 0.25) is 0 Å². The van der Waals surface area contributed by atoms with Crippen molar-refractivity contribution in [3.05, 3.63) is 101 Å². The minimum atomic E-state index is -0.973. The molecule has 0 radical (unpaired) electrons. The third-order valence-corrected chi connectivity index (χ3v) is 7.17. The van der Waals surface area contributed by atoms with Gasteiger partial charge in [0.15, 0.2) is 5.78 Å². The molecule has 2 saturated heterocycles. The Morgan fingerprint density at radius 3 is 2.28 bits per heavy atom. The Balaban J connectivity index is 1.51. The van der Waals surface area contributed by atoms with E-state index < -0.39 is 41.7 Å². The van der Waals surface area contributed by atoms with Crippen molar-refractivity contribution in [2.45, 2.75) is 12.1 Å². The molecule has 2 fully saturated rings. The molecule has 0 saturated carbocycles. The van der Waals surface area contributed by atoms with Gasteiger partial charge in [-0.05, 0) is 23.3 Å². The number of hydrogen-bond donors (Lipinski definition) is 0. The van der Waals surface area contributed by atoms with Crippen molar-refractivity contribution < 1.29 is 23.9 Å². The molecule has 3 aromatic carbocycles. The lowest BCUT2D eigenvalue weighted by Gasteiger charge is -2.34. The Hall–Kier alpha value is -4.59. The fourth-order valence-corrected chi connectivity index (χ4v) is 5.63. The zero-order valence-electron chi connectivity index (χ0n) is 19.3. The van der Waals surface area contributed by atoms with Crippen molar-refractivity contribution in [1.29, 1.82) is 0 Å². The summed E-state index contributed by atoms with van der Waals surface area (Å²) in [7, 11) is 1.24. The number of hydrogen-bond acceptors (Lipinski definition) is 7. The smallest absolute Gasteiger partial charge is 0.339 e. The third-order valence-electron chi connectivity index (χ3n) is 7.17. The number of ether oxygens (including phenoxy) is 1. The van der Waals surface area contributed by atoms with E-state index in [4.69, 9.17) is 4.74 Å². The minimum Gasteiger partial charge on any atom is -0.465 e. The van der Waals surface area contributed by atoms with Crippen molar-refractivity contribution in [1.82, 2.24) is 5.01 Å². The summed E-state index contributed by atoms with van der Waals surface area (Å²) in [6.45, 7) is 0. The molecule has 0 N–H and O–H groups in total. The Bertz CT molecular complexity index is 1450. The number of para-hydroxylation sites is 1. The predicted molar refractivity (Wildman–Crippen MR) is 130 cm³/mol. The summed E-state index contributed by atoms with van der Waals surface area (Å²) < 4.78 is 4.88. The summed E-state index contributed by atoms with van der Waals surface area (Å²) in [4.78, 5) is 55.3. The molecule has 4 atom stereocenters. The van der Waals surface area contributed by atoms with Gasteiger partial charge in [0.2, 0.25) is 11.8 Å². The first kappa shape index (κ1) is 21.9. The number of hydrazone groups is 1. The maximum Gasteiger partial charge on any atom is 0.339 e. The van der Waals surface area contributed by atoms with Gasteiger partial charge < -0.3 is 4.74 Å². The monoisotopic (exact) mass is 479 g/mol. The molecule has 0 bridgehead atoms. The molecule has 3 aliphatic heterocycles. The zero-order chi connectivity index (χ0) is 25.0. The molecular weight excluding hydrogens is 458 g/mol. The van der Waals surface area contributed by atoms with E-state index in [-0.39, 0.29) is 17.0 Å². The SMILES string of the molecule is COC(=O)c1ccccc1N1C(=O)C2C(C1=O)C1c3ccccc3C=NN1C2C(=O)c1ccccc1. The normalized spacial score (nSPS) is 23.8. The first-order valence-electron chi connectivity index (χ1n) is 11.6. The van der Waals surface area contributed by atoms with Gasteiger partial charge in [0.05, 0.1) is 42.5 Å². The number of methoxy groups -OCH3 is 1. The largest absolute Gasteiger partial charge is 0.465 e. The number of carbonyl (C=O) groups excluding carboxylic acids is 4. The number of ketones is 1. The van der Waals surface area contributed by atoms with Crippen LogP contribution < -0.4 is 4.90 Å². The van der Waals surface area contributed by atoms with E-state index in [0.717, 1.165) is 16.0 Å². The lowest BCUT2D eigenvalue weighted by molar-refractivity contribution is -0.124. The van der Waals surface area contributed by atoms with Gasteiger partial charge in [-0.2, -0.15) is 5.10 Å². The van der Waals surface area contributed by atoms with E-state index >= 15 is 0 Å². The average molecular weight is 479 g/mol. The number of carbonyl (C=O) groups is 4. The summed E-state index contributed by atoms with van der Waals surface area (Å²) in [5.74, 6) is -3.75. The highest BCUT2D eigenvalue weighted by Crippen LogP contribution is 2.53. The lowest BCUT2D eigenvalue weighted by atomic mass is 9.83. The van der Waals surface area contributed by atoms with Crippen LogP contribution in [0.4, 0.5) is 5.69 Å². The van der Waals surface area contributed by atoms with Gasteiger partial charge >= 0.3 is 5.97 Å². The van der Waals surface area contributed by atoms with Crippen molar-refractivity contribution in [3.63, 3.8) is 0 Å². The van der Waals surface area contributed by atoms with Crippen molar-refractivity contribution in [2.24, 2.45) is 16.9 Å². The second kappa shape index (κ2) is 8.27. The second-order valence-electron chi connectivity index (χ2n) is 8.95. The molecule has 0 spiro atoms. The molecule has 8 heteroatoms. The molecule has 178 valence electrons. The van der Waals surface area contributed by atoms with E-state index in [1.807, 2.05) is 30.3 Å². The second-order valence-corrected chi connectivity index (χ2v) is 8.95. The van der Waals surface area contributed by atoms with E-state index in [1.165, 1.54) is 13.2 Å². The molecule has 2 amide bonds. The van der Waals surface area contributed by atoms with Crippen LogP contribution >= 0.6 is 0 Å². The quantitative estimate of drug-likeness (QED) is 0.324. The number of Topliss-reactive ketones (excluding diaryl/α,β-unsaturated/α-hetero) is 1. The van der Waals surface area contributed by atoms with Crippen LogP contribution in [0.25, 0.3) is 0 Å². The molecule has 3 heterocycles. The summed E-state index contributed by atoms with van der Waals surface area (Å²) in [5.41, 5.74) is 2.35. The number of benzene rings is 3. The number of esters is 1. The van der Waals surface area contributed by atoms with Crippen molar-refractivity contribution >= 4 is 35.5 Å². The molecule has 36 heavy (non-hydrogen) atoms. The highest BCUT2D eigenvalue weighted by Gasteiger charge is 2.65. The van der Waals surface area contributed by atoms with E-state index in [9.17, 15) is 19.2 Å². The Morgan fingerprint density at radius 2 is 1.50 bits per heavy atom. The topological polar surface area (TPSA) is 96.3 Å². The summed E-state index contributed by atoms with van der Waals surface area (Å²) >= 11 is 0. The van der Waals surface area contributed by atoms with Gasteiger partial charge in [-0.1, -0.05) is 66.7 Å². The zero-order valence-corrected chi connectivity index (χ0v) is 19.3. The first-order valence-corrected chi connectivity index (χ1v) is 11.6. The number of imide groups is 1. The average Bonchev–Trinajstić information content (AvgIpc) is 3.40. The van der Waals surface area contributed by atoms with E-state index in [1.54, 1.807) is 53.7 Å². The molecule has 6 rings (SSSR count). The number of amides is 2. The van der Waals surface area contributed by atoms with E-state index in [2.05, 4.69) is 5.10 Å².